The monoisotopic (exact) mass is 251 g/mol. The van der Waals surface area contributed by atoms with Crippen LogP contribution in [0.1, 0.15) is 19.4 Å². The normalized spacial score (nSPS) is 24.5. The van der Waals surface area contributed by atoms with Crippen molar-refractivity contribution < 1.29 is 4.74 Å². The first-order chi connectivity index (χ1) is 8.11. The van der Waals surface area contributed by atoms with Crippen LogP contribution in [0, 0.1) is 11.3 Å². The number of pyridine rings is 1. The first-order valence-corrected chi connectivity index (χ1v) is 5.94. The number of halogens is 1. The van der Waals surface area contributed by atoms with Gasteiger partial charge in [-0.2, -0.15) is 5.26 Å². The molecule has 5 heteroatoms. The van der Waals surface area contributed by atoms with Crippen LogP contribution in [0.3, 0.4) is 0 Å². The lowest BCUT2D eigenvalue weighted by Gasteiger charge is -2.36. The topological polar surface area (TPSA) is 49.2 Å². The average molecular weight is 252 g/mol. The van der Waals surface area contributed by atoms with Crippen LogP contribution in [0.15, 0.2) is 12.3 Å². The molecule has 4 nitrogen and oxygen atoms in total. The smallest absolute Gasteiger partial charge is 0.148 e. The number of ether oxygens (including phenoxy) is 1. The van der Waals surface area contributed by atoms with Gasteiger partial charge in [0.2, 0.25) is 0 Å². The van der Waals surface area contributed by atoms with Crippen LogP contribution in [0.25, 0.3) is 0 Å². The molecular weight excluding hydrogens is 238 g/mol. The number of anilines is 1. The molecule has 2 unspecified atom stereocenters. The predicted molar refractivity (Wildman–Crippen MR) is 66.2 cm³/mol. The van der Waals surface area contributed by atoms with E-state index in [0.717, 1.165) is 13.1 Å². The Hall–Kier alpha value is -1.31. The van der Waals surface area contributed by atoms with Crippen molar-refractivity contribution in [1.29, 1.82) is 5.26 Å². The minimum Gasteiger partial charge on any atom is -0.372 e. The maximum atomic E-state index is 8.94. The van der Waals surface area contributed by atoms with E-state index in [1.165, 1.54) is 0 Å². The summed E-state index contributed by atoms with van der Waals surface area (Å²) in [7, 11) is 0. The Kier molecular flexibility index (Phi) is 3.51. The molecule has 0 amide bonds. The lowest BCUT2D eigenvalue weighted by molar-refractivity contribution is -0.00545. The van der Waals surface area contributed by atoms with Crippen molar-refractivity contribution in [2.24, 2.45) is 0 Å². The van der Waals surface area contributed by atoms with Gasteiger partial charge < -0.3 is 9.64 Å². The summed E-state index contributed by atoms with van der Waals surface area (Å²) < 4.78 is 5.66. The Balaban J connectivity index is 2.31. The first-order valence-electron chi connectivity index (χ1n) is 5.57. The Morgan fingerprint density at radius 2 is 2.12 bits per heavy atom. The van der Waals surface area contributed by atoms with E-state index in [-0.39, 0.29) is 12.2 Å². The quantitative estimate of drug-likeness (QED) is 0.768. The molecule has 2 heterocycles. The summed E-state index contributed by atoms with van der Waals surface area (Å²) in [4.78, 5) is 6.34. The summed E-state index contributed by atoms with van der Waals surface area (Å²) in [5.41, 5.74) is 0.462. The number of hydrogen-bond acceptors (Lipinski definition) is 4. The standard InChI is InChI=1S/C12H14ClN3O/c1-8-6-16(7-9(2)17-8)12-11(13)10(5-14)3-4-15-12/h3-4,8-9H,6-7H2,1-2H3. The van der Waals surface area contributed by atoms with Gasteiger partial charge in [-0.1, -0.05) is 11.6 Å². The molecular formula is C12H14ClN3O. The highest BCUT2D eigenvalue weighted by Crippen LogP contribution is 2.28. The van der Waals surface area contributed by atoms with Crippen LogP contribution in [-0.4, -0.2) is 30.3 Å². The molecule has 0 bridgehead atoms. The summed E-state index contributed by atoms with van der Waals surface area (Å²) in [5.74, 6) is 0.674. The number of rotatable bonds is 1. The van der Waals surface area contributed by atoms with Crippen molar-refractivity contribution in [2.75, 3.05) is 18.0 Å². The average Bonchev–Trinajstić information content (AvgIpc) is 2.28. The number of nitrogens with zero attached hydrogens (tertiary/aromatic N) is 3. The van der Waals surface area contributed by atoms with E-state index in [0.29, 0.717) is 16.4 Å². The zero-order valence-corrected chi connectivity index (χ0v) is 10.6. The number of hydrogen-bond donors (Lipinski definition) is 0. The Bertz CT molecular complexity index is 448. The van der Waals surface area contributed by atoms with Gasteiger partial charge in [0.25, 0.3) is 0 Å². The van der Waals surface area contributed by atoms with Gasteiger partial charge in [-0.25, -0.2) is 4.98 Å². The lowest BCUT2D eigenvalue weighted by Crippen LogP contribution is -2.46. The van der Waals surface area contributed by atoms with E-state index in [2.05, 4.69) is 16.0 Å². The highest BCUT2D eigenvalue weighted by atomic mass is 35.5. The molecule has 90 valence electrons. The summed E-state index contributed by atoms with van der Waals surface area (Å²) in [6, 6.07) is 3.69. The van der Waals surface area contributed by atoms with Crippen molar-refractivity contribution >= 4 is 17.4 Å². The van der Waals surface area contributed by atoms with E-state index < -0.39 is 0 Å². The molecule has 0 N–H and O–H groups in total. The van der Waals surface area contributed by atoms with Crippen molar-refractivity contribution in [2.45, 2.75) is 26.1 Å². The fourth-order valence-electron chi connectivity index (χ4n) is 2.09. The Labute approximate surface area is 106 Å². The van der Waals surface area contributed by atoms with Crippen LogP contribution >= 0.6 is 11.6 Å². The van der Waals surface area contributed by atoms with Crippen molar-refractivity contribution in [1.82, 2.24) is 4.98 Å². The summed E-state index contributed by atoms with van der Waals surface area (Å²) in [6.45, 7) is 5.52. The van der Waals surface area contributed by atoms with Gasteiger partial charge in [0.15, 0.2) is 0 Å². The van der Waals surface area contributed by atoms with Gasteiger partial charge in [-0.15, -0.1) is 0 Å². The fraction of sp³-hybridized carbons (Fsp3) is 0.500. The fourth-order valence-corrected chi connectivity index (χ4v) is 2.36. The molecule has 0 saturated carbocycles. The zero-order valence-electron chi connectivity index (χ0n) is 9.85. The molecule has 2 rings (SSSR count). The third-order valence-electron chi connectivity index (χ3n) is 2.71. The minimum absolute atomic E-state index is 0.141. The highest BCUT2D eigenvalue weighted by Gasteiger charge is 2.25. The lowest BCUT2D eigenvalue weighted by atomic mass is 10.2. The molecule has 17 heavy (non-hydrogen) atoms. The van der Waals surface area contributed by atoms with E-state index in [1.54, 1.807) is 12.3 Å². The SMILES string of the molecule is CC1CN(c2nccc(C#N)c2Cl)CC(C)O1. The second kappa shape index (κ2) is 4.91. The van der Waals surface area contributed by atoms with Crippen LogP contribution in [0.4, 0.5) is 5.82 Å². The van der Waals surface area contributed by atoms with Gasteiger partial charge in [0.05, 0.1) is 17.8 Å². The van der Waals surface area contributed by atoms with Crippen LogP contribution in [0.5, 0.6) is 0 Å². The van der Waals surface area contributed by atoms with E-state index >= 15 is 0 Å². The molecule has 1 fully saturated rings. The molecule has 0 spiro atoms. The molecule has 1 saturated heterocycles. The molecule has 0 aromatic carbocycles. The van der Waals surface area contributed by atoms with Gasteiger partial charge in [-0.3, -0.25) is 0 Å². The maximum absolute atomic E-state index is 8.94. The molecule has 1 aromatic heterocycles. The van der Waals surface area contributed by atoms with Gasteiger partial charge >= 0.3 is 0 Å². The van der Waals surface area contributed by atoms with Gasteiger partial charge in [-0.05, 0) is 19.9 Å². The van der Waals surface area contributed by atoms with Crippen molar-refractivity contribution in [3.05, 3.63) is 22.8 Å². The zero-order chi connectivity index (χ0) is 12.4. The number of nitriles is 1. The van der Waals surface area contributed by atoms with Gasteiger partial charge in [0.1, 0.15) is 16.9 Å². The van der Waals surface area contributed by atoms with E-state index in [1.807, 2.05) is 13.8 Å². The Morgan fingerprint density at radius 1 is 1.47 bits per heavy atom. The van der Waals surface area contributed by atoms with Gasteiger partial charge in [0, 0.05) is 19.3 Å². The van der Waals surface area contributed by atoms with E-state index in [4.69, 9.17) is 21.6 Å². The van der Waals surface area contributed by atoms with Crippen LogP contribution in [0.2, 0.25) is 5.02 Å². The third kappa shape index (κ3) is 2.51. The molecule has 1 aromatic rings. The molecule has 2 atom stereocenters. The largest absolute Gasteiger partial charge is 0.372 e. The summed E-state index contributed by atoms with van der Waals surface area (Å²) in [5, 5.41) is 9.37. The second-order valence-corrected chi connectivity index (χ2v) is 4.65. The Morgan fingerprint density at radius 3 is 2.71 bits per heavy atom. The summed E-state index contributed by atoms with van der Waals surface area (Å²) >= 11 is 6.17. The number of morpholine rings is 1. The number of aromatic nitrogens is 1. The van der Waals surface area contributed by atoms with Crippen LogP contribution < -0.4 is 4.90 Å². The molecule has 0 radical (unpaired) electrons. The minimum atomic E-state index is 0.141. The predicted octanol–water partition coefficient (Wildman–Crippen LogP) is 2.22. The summed E-state index contributed by atoms with van der Waals surface area (Å²) in [6.07, 6.45) is 1.90. The second-order valence-electron chi connectivity index (χ2n) is 4.27. The first kappa shape index (κ1) is 12.2. The van der Waals surface area contributed by atoms with Crippen molar-refractivity contribution in [3.63, 3.8) is 0 Å². The van der Waals surface area contributed by atoms with Crippen LogP contribution in [-0.2, 0) is 4.74 Å². The molecule has 0 aliphatic carbocycles. The van der Waals surface area contributed by atoms with Crippen molar-refractivity contribution in [3.8, 4) is 6.07 Å². The molecule has 1 aliphatic rings. The van der Waals surface area contributed by atoms with E-state index in [9.17, 15) is 0 Å². The maximum Gasteiger partial charge on any atom is 0.148 e. The highest BCUT2D eigenvalue weighted by molar-refractivity contribution is 6.34. The molecule has 1 aliphatic heterocycles. The third-order valence-corrected chi connectivity index (χ3v) is 3.08.